The Labute approximate surface area is 274 Å². The van der Waals surface area contributed by atoms with E-state index in [1.165, 1.54) is 48.4 Å². The predicted octanol–water partition coefficient (Wildman–Crippen LogP) is 6.48. The molecular formula is C36H32F3N3O6. The quantitative estimate of drug-likeness (QED) is 0.139. The van der Waals surface area contributed by atoms with Crippen molar-refractivity contribution in [2.75, 3.05) is 19.0 Å². The van der Waals surface area contributed by atoms with Crippen molar-refractivity contribution in [2.45, 2.75) is 32.4 Å². The molecule has 5 aromatic rings. The van der Waals surface area contributed by atoms with E-state index in [0.717, 1.165) is 22.8 Å². The van der Waals surface area contributed by atoms with Crippen molar-refractivity contribution in [2.24, 2.45) is 0 Å². The lowest BCUT2D eigenvalue weighted by atomic mass is 10.0. The van der Waals surface area contributed by atoms with Crippen LogP contribution in [0.3, 0.4) is 0 Å². The van der Waals surface area contributed by atoms with Crippen LogP contribution < -0.4 is 10.1 Å². The molecule has 0 aliphatic rings. The number of nitrogens with zero attached hydrogens (tertiary/aromatic N) is 2. The number of methoxy groups -OCH3 is 1. The number of rotatable bonds is 11. The normalized spacial score (nSPS) is 11.4. The van der Waals surface area contributed by atoms with E-state index in [0.29, 0.717) is 17.1 Å². The molecule has 12 heteroatoms. The maximum atomic E-state index is 13.5. The number of aliphatic hydroxyl groups excluding tert-OH is 1. The van der Waals surface area contributed by atoms with Gasteiger partial charge in [-0.1, -0.05) is 48.0 Å². The fourth-order valence-corrected chi connectivity index (χ4v) is 5.01. The number of halogens is 3. The zero-order valence-corrected chi connectivity index (χ0v) is 26.0. The number of aryl methyl sites for hydroxylation is 1. The smallest absolute Gasteiger partial charge is 0.416 e. The highest BCUT2D eigenvalue weighted by Gasteiger charge is 2.34. The van der Waals surface area contributed by atoms with Gasteiger partial charge in [-0.25, -0.2) is 4.98 Å². The summed E-state index contributed by atoms with van der Waals surface area (Å²) in [5.74, 6) is -0.749. The van der Waals surface area contributed by atoms with E-state index in [1.807, 2.05) is 31.2 Å². The van der Waals surface area contributed by atoms with E-state index < -0.39 is 36.3 Å². The molecule has 0 spiro atoms. The number of ether oxygens (including phenoxy) is 1. The van der Waals surface area contributed by atoms with Gasteiger partial charge in [-0.3, -0.25) is 9.59 Å². The number of alkyl halides is 3. The molecule has 0 saturated carbocycles. The third-order valence-corrected chi connectivity index (χ3v) is 7.49. The van der Waals surface area contributed by atoms with Gasteiger partial charge in [-0.2, -0.15) is 13.2 Å². The Bertz CT molecular complexity index is 1870. The first-order chi connectivity index (χ1) is 22.9. The Morgan fingerprint density at radius 1 is 0.938 bits per heavy atom. The van der Waals surface area contributed by atoms with Crippen LogP contribution in [0.15, 0.2) is 102 Å². The van der Waals surface area contributed by atoms with Gasteiger partial charge < -0.3 is 29.6 Å². The number of nitrogens with one attached hydrogen (secondary N) is 1. The Kier molecular flexibility index (Phi) is 10.3. The zero-order chi connectivity index (χ0) is 34.4. The van der Waals surface area contributed by atoms with E-state index >= 15 is 0 Å². The maximum Gasteiger partial charge on any atom is 0.416 e. The van der Waals surface area contributed by atoms with E-state index in [1.54, 1.807) is 30.5 Å². The summed E-state index contributed by atoms with van der Waals surface area (Å²) < 4.78 is 51.2. The fraction of sp³-hybridized carbons (Fsp3) is 0.194. The monoisotopic (exact) mass is 659 g/mol. The fourth-order valence-electron chi connectivity index (χ4n) is 5.01. The molecule has 1 heterocycles. The molecule has 0 aliphatic heterocycles. The van der Waals surface area contributed by atoms with Gasteiger partial charge in [0.25, 0.3) is 5.91 Å². The first-order valence-corrected chi connectivity index (χ1v) is 14.8. The van der Waals surface area contributed by atoms with Crippen molar-refractivity contribution >= 4 is 17.5 Å². The van der Waals surface area contributed by atoms with E-state index in [4.69, 9.17) is 9.15 Å². The molecule has 1 aromatic heterocycles. The molecule has 0 radical (unpaired) electrons. The van der Waals surface area contributed by atoms with Crippen LogP contribution in [0, 0.1) is 6.92 Å². The minimum Gasteiger partial charge on any atom is -0.497 e. The molecule has 2 amide bonds. The highest BCUT2D eigenvalue weighted by atomic mass is 19.4. The number of hydrogen-bond acceptors (Lipinski definition) is 7. The number of hydrogen-bond donors (Lipinski definition) is 3. The summed E-state index contributed by atoms with van der Waals surface area (Å²) in [7, 11) is 1.25. The van der Waals surface area contributed by atoms with Gasteiger partial charge >= 0.3 is 6.18 Å². The van der Waals surface area contributed by atoms with Crippen molar-refractivity contribution in [3.05, 3.63) is 125 Å². The molecule has 0 bridgehead atoms. The van der Waals surface area contributed by atoms with E-state index in [2.05, 4.69) is 10.3 Å². The zero-order valence-electron chi connectivity index (χ0n) is 26.0. The van der Waals surface area contributed by atoms with Crippen molar-refractivity contribution in [1.82, 2.24) is 9.88 Å². The van der Waals surface area contributed by atoms with Crippen LogP contribution in [-0.4, -0.2) is 51.9 Å². The topological polar surface area (TPSA) is 125 Å². The van der Waals surface area contributed by atoms with Crippen LogP contribution in [0.1, 0.15) is 32.6 Å². The van der Waals surface area contributed by atoms with Gasteiger partial charge in [0, 0.05) is 28.9 Å². The molecule has 0 fully saturated rings. The van der Waals surface area contributed by atoms with Crippen LogP contribution in [0.4, 0.5) is 18.9 Å². The van der Waals surface area contributed by atoms with E-state index in [9.17, 15) is 33.0 Å². The molecule has 0 saturated heterocycles. The van der Waals surface area contributed by atoms with Gasteiger partial charge in [0.15, 0.2) is 6.29 Å². The number of anilines is 1. The van der Waals surface area contributed by atoms with Gasteiger partial charge in [0.05, 0.1) is 25.6 Å². The Balaban J connectivity index is 1.23. The minimum atomic E-state index is -4.68. The molecule has 9 nitrogen and oxygen atoms in total. The predicted molar refractivity (Wildman–Crippen MR) is 172 cm³/mol. The highest BCUT2D eigenvalue weighted by Crippen LogP contribution is 2.35. The average Bonchev–Trinajstić information content (AvgIpc) is 3.55. The second-order valence-corrected chi connectivity index (χ2v) is 11.1. The van der Waals surface area contributed by atoms with Crippen LogP contribution in [-0.2, 0) is 23.9 Å². The summed E-state index contributed by atoms with van der Waals surface area (Å²) in [5, 5.41) is 21.9. The van der Waals surface area contributed by atoms with E-state index in [-0.39, 0.29) is 35.7 Å². The maximum absolute atomic E-state index is 13.5. The molecule has 48 heavy (non-hydrogen) atoms. The number of amides is 2. The number of carbonyl (C=O) groups is 2. The molecule has 0 atom stereocenters. The van der Waals surface area contributed by atoms with Crippen LogP contribution in [0.5, 0.6) is 5.75 Å². The lowest BCUT2D eigenvalue weighted by Crippen LogP contribution is -2.37. The summed E-state index contributed by atoms with van der Waals surface area (Å²) in [6, 6.07) is 24.2. The number of carbonyl (C=O) groups excluding carboxylic acids is 2. The molecule has 0 aliphatic carbocycles. The average molecular weight is 660 g/mol. The van der Waals surface area contributed by atoms with Gasteiger partial charge in [-0.05, 0) is 66.6 Å². The molecule has 3 N–H and O–H groups in total. The summed E-state index contributed by atoms with van der Waals surface area (Å²) >= 11 is 0. The second-order valence-electron chi connectivity index (χ2n) is 11.1. The summed E-state index contributed by atoms with van der Waals surface area (Å²) in [5.41, 5.74) is 3.46. The second kappa shape index (κ2) is 14.5. The highest BCUT2D eigenvalue weighted by molar-refractivity contribution is 5.96. The van der Waals surface area contributed by atoms with Crippen LogP contribution >= 0.6 is 0 Å². The van der Waals surface area contributed by atoms with Gasteiger partial charge in [0.1, 0.15) is 17.7 Å². The molecule has 5 rings (SSSR count). The third-order valence-electron chi connectivity index (χ3n) is 7.49. The molecule has 248 valence electrons. The van der Waals surface area contributed by atoms with Crippen molar-refractivity contribution in [3.8, 4) is 28.5 Å². The van der Waals surface area contributed by atoms with Gasteiger partial charge in [-0.15, -0.1) is 0 Å². The summed E-state index contributed by atoms with van der Waals surface area (Å²) in [6.45, 7) is 1.68. The van der Waals surface area contributed by atoms with Gasteiger partial charge in [0.2, 0.25) is 11.8 Å². The van der Waals surface area contributed by atoms with Crippen molar-refractivity contribution in [1.29, 1.82) is 0 Å². The lowest BCUT2D eigenvalue weighted by Gasteiger charge is -2.24. The van der Waals surface area contributed by atoms with Crippen LogP contribution in [0.25, 0.3) is 22.7 Å². The summed E-state index contributed by atoms with van der Waals surface area (Å²) in [6.07, 6.45) is -5.42. The number of benzene rings is 4. The first kappa shape index (κ1) is 33.9. The minimum absolute atomic E-state index is 0.0189. The molecule has 4 aromatic carbocycles. The third kappa shape index (κ3) is 8.46. The lowest BCUT2D eigenvalue weighted by molar-refractivity contribution is -0.138. The Morgan fingerprint density at radius 3 is 2.23 bits per heavy atom. The standard InChI is InChI=1S/C36H32F3N3O6/c1-22-3-7-24(8-4-22)31-21-48-34(41-31)25-9-5-23(6-10-25)19-42(20-33(44)45)35(46)26-11-14-28(15-12-26)40-32(43)17-27-13-16-29(47-2)18-30(27)36(37,38)39/h3-16,18,21,33,44-45H,17,19-20H2,1-2H3,(H,40,43). The Morgan fingerprint density at radius 2 is 1.60 bits per heavy atom. The molecular weight excluding hydrogens is 627 g/mol. The summed E-state index contributed by atoms with van der Waals surface area (Å²) in [4.78, 5) is 31.8. The molecule has 0 unspecified atom stereocenters. The van der Waals surface area contributed by atoms with Crippen molar-refractivity contribution < 1.29 is 42.1 Å². The number of aliphatic hydroxyl groups is 2. The Hall–Kier alpha value is -5.46. The number of oxazole rings is 1. The van der Waals surface area contributed by atoms with Crippen LogP contribution in [0.2, 0.25) is 0 Å². The van der Waals surface area contributed by atoms with Crippen molar-refractivity contribution in [3.63, 3.8) is 0 Å². The SMILES string of the molecule is COc1ccc(CC(=O)Nc2ccc(C(=O)N(Cc3ccc(-c4nc(-c5ccc(C)cc5)co4)cc3)CC(O)O)cc2)c(C(F)(F)F)c1. The first-order valence-electron chi connectivity index (χ1n) is 14.8. The number of aromatic nitrogens is 1. The largest absolute Gasteiger partial charge is 0.497 e.